The van der Waals surface area contributed by atoms with Crippen LogP contribution < -0.4 is 10.1 Å². The molecule has 0 amide bonds. The summed E-state index contributed by atoms with van der Waals surface area (Å²) < 4.78 is 7.09. The maximum atomic E-state index is 9.10. The molecule has 8 heteroatoms. The molecule has 2 N–H and O–H groups in total. The third kappa shape index (κ3) is 6.98. The molecule has 3 aromatic rings. The minimum Gasteiger partial charge on any atom is -0.464 e. The Morgan fingerprint density at radius 1 is 1.27 bits per heavy atom. The summed E-state index contributed by atoms with van der Waals surface area (Å²) in [5, 5.41) is 16.7. The van der Waals surface area contributed by atoms with Gasteiger partial charge in [0.15, 0.2) is 0 Å². The van der Waals surface area contributed by atoms with Crippen LogP contribution in [0.2, 0.25) is 0 Å². The highest BCUT2D eigenvalue weighted by Crippen LogP contribution is 2.23. The second-order valence-corrected chi connectivity index (χ2v) is 7.13. The van der Waals surface area contributed by atoms with E-state index in [-0.39, 0.29) is 6.61 Å². The van der Waals surface area contributed by atoms with Gasteiger partial charge in [0.2, 0.25) is 0 Å². The van der Waals surface area contributed by atoms with Crippen LogP contribution in [0, 0.1) is 13.8 Å². The summed E-state index contributed by atoms with van der Waals surface area (Å²) in [6.07, 6.45) is 7.43. The van der Waals surface area contributed by atoms with Crippen LogP contribution in [-0.4, -0.2) is 43.1 Å². The smallest absolute Gasteiger partial charge is 0.316 e. The van der Waals surface area contributed by atoms with E-state index in [1.807, 2.05) is 72.1 Å². The Labute approximate surface area is 196 Å². The second-order valence-electron chi connectivity index (χ2n) is 7.13. The van der Waals surface area contributed by atoms with Crippen molar-refractivity contribution < 1.29 is 9.84 Å². The Balaban J connectivity index is 0.00000187. The van der Waals surface area contributed by atoms with Crippen molar-refractivity contribution in [2.75, 3.05) is 18.5 Å². The van der Waals surface area contributed by atoms with Crippen LogP contribution >= 0.6 is 0 Å². The molecule has 0 unspecified atom stereocenters. The average molecular weight is 451 g/mol. The molecule has 0 aromatic carbocycles. The molecule has 0 bridgehead atoms. The van der Waals surface area contributed by atoms with Crippen molar-refractivity contribution in [2.45, 2.75) is 48.1 Å². The van der Waals surface area contributed by atoms with E-state index in [0.29, 0.717) is 30.7 Å². The first-order chi connectivity index (χ1) is 15.9. The molecule has 176 valence electrons. The average Bonchev–Trinajstić information content (AvgIpc) is 3.18. The zero-order chi connectivity index (χ0) is 24.4. The highest BCUT2D eigenvalue weighted by atomic mass is 16.5. The lowest BCUT2D eigenvalue weighted by atomic mass is 10.1. The summed E-state index contributed by atoms with van der Waals surface area (Å²) >= 11 is 0. The molecule has 0 saturated carbocycles. The number of nitrogens with zero attached hydrogens (tertiary/aromatic N) is 5. The van der Waals surface area contributed by atoms with Crippen LogP contribution in [0.25, 0.3) is 17.3 Å². The van der Waals surface area contributed by atoms with Crippen LogP contribution in [0.15, 0.2) is 37.3 Å². The molecule has 3 aromatic heterocycles. The fourth-order valence-electron chi connectivity index (χ4n) is 3.11. The molecule has 0 spiro atoms. The van der Waals surface area contributed by atoms with Crippen molar-refractivity contribution in [1.29, 1.82) is 0 Å². The van der Waals surface area contributed by atoms with Gasteiger partial charge in [0.25, 0.3) is 0 Å². The number of aromatic nitrogens is 5. The molecule has 8 nitrogen and oxygen atoms in total. The van der Waals surface area contributed by atoms with Gasteiger partial charge in [0.1, 0.15) is 5.82 Å². The monoisotopic (exact) mass is 450 g/mol. The van der Waals surface area contributed by atoms with Gasteiger partial charge in [0.05, 0.1) is 31.1 Å². The Kier molecular flexibility index (Phi) is 9.75. The summed E-state index contributed by atoms with van der Waals surface area (Å²) in [6, 6.07) is 4.21. The number of anilines is 1. The first-order valence-electron chi connectivity index (χ1n) is 11.1. The SMILES string of the molecule is C=C(Nc1cc(C)c(/C=C(\C)c2ccnc(OCC)n2)cn1)c1cn(CCO)nc1C.CC. The van der Waals surface area contributed by atoms with Crippen LogP contribution in [0.5, 0.6) is 6.01 Å². The predicted molar refractivity (Wildman–Crippen MR) is 134 cm³/mol. The van der Waals surface area contributed by atoms with Gasteiger partial charge in [-0.2, -0.15) is 10.1 Å². The molecule has 0 atom stereocenters. The lowest BCUT2D eigenvalue weighted by molar-refractivity contribution is 0.269. The summed E-state index contributed by atoms with van der Waals surface area (Å²) in [5.41, 5.74) is 6.30. The van der Waals surface area contributed by atoms with Crippen molar-refractivity contribution in [2.24, 2.45) is 0 Å². The van der Waals surface area contributed by atoms with Gasteiger partial charge in [-0.15, -0.1) is 0 Å². The lowest BCUT2D eigenvalue weighted by Gasteiger charge is -2.10. The van der Waals surface area contributed by atoms with Crippen molar-refractivity contribution in [3.63, 3.8) is 0 Å². The number of rotatable bonds is 9. The largest absolute Gasteiger partial charge is 0.464 e. The number of aliphatic hydroxyl groups excluding tert-OH is 1. The number of hydrogen-bond donors (Lipinski definition) is 2. The molecule has 0 saturated heterocycles. The molecular weight excluding hydrogens is 416 g/mol. The Morgan fingerprint density at radius 3 is 2.70 bits per heavy atom. The Hall–Kier alpha value is -3.52. The van der Waals surface area contributed by atoms with E-state index in [9.17, 15) is 0 Å². The minimum absolute atomic E-state index is 0.0393. The minimum atomic E-state index is 0.0393. The molecule has 0 radical (unpaired) electrons. The van der Waals surface area contributed by atoms with Crippen LogP contribution in [0.3, 0.4) is 0 Å². The molecule has 0 aliphatic rings. The quantitative estimate of drug-likeness (QED) is 0.486. The summed E-state index contributed by atoms with van der Waals surface area (Å²) in [4.78, 5) is 13.1. The van der Waals surface area contributed by atoms with Gasteiger partial charge >= 0.3 is 6.01 Å². The van der Waals surface area contributed by atoms with Gasteiger partial charge < -0.3 is 15.2 Å². The van der Waals surface area contributed by atoms with E-state index in [1.54, 1.807) is 10.9 Å². The topological polar surface area (TPSA) is 98.0 Å². The van der Waals surface area contributed by atoms with Crippen molar-refractivity contribution in [1.82, 2.24) is 24.7 Å². The number of hydrogen-bond acceptors (Lipinski definition) is 7. The van der Waals surface area contributed by atoms with E-state index < -0.39 is 0 Å². The van der Waals surface area contributed by atoms with Crippen molar-refractivity contribution in [3.8, 4) is 6.01 Å². The number of aliphatic hydroxyl groups is 1. The van der Waals surface area contributed by atoms with Gasteiger partial charge in [-0.05, 0) is 62.6 Å². The highest BCUT2D eigenvalue weighted by molar-refractivity contribution is 5.80. The number of ether oxygens (including phenoxy) is 1. The van der Waals surface area contributed by atoms with E-state index in [0.717, 1.165) is 33.7 Å². The van der Waals surface area contributed by atoms with Gasteiger partial charge in [-0.1, -0.05) is 20.4 Å². The van der Waals surface area contributed by atoms with E-state index in [4.69, 9.17) is 9.84 Å². The van der Waals surface area contributed by atoms with E-state index >= 15 is 0 Å². The molecule has 33 heavy (non-hydrogen) atoms. The third-order valence-electron chi connectivity index (χ3n) is 4.71. The van der Waals surface area contributed by atoms with Gasteiger partial charge in [-0.25, -0.2) is 9.97 Å². The van der Waals surface area contributed by atoms with Gasteiger partial charge in [-0.3, -0.25) is 4.68 Å². The Morgan fingerprint density at radius 2 is 2.03 bits per heavy atom. The fraction of sp³-hybridized carbons (Fsp3) is 0.360. The Bertz CT molecular complexity index is 1100. The number of allylic oxidation sites excluding steroid dienone is 1. The number of nitrogens with one attached hydrogen (secondary N) is 1. The zero-order valence-electron chi connectivity index (χ0n) is 20.4. The van der Waals surface area contributed by atoms with Gasteiger partial charge in [0, 0.05) is 29.9 Å². The summed E-state index contributed by atoms with van der Waals surface area (Å²) in [6.45, 7) is 17.0. The fourth-order valence-corrected chi connectivity index (χ4v) is 3.11. The standard InChI is InChI=1S/C23H28N6O2.C2H6/c1-6-31-23-24-8-7-21(27-23)16(3)11-19-13-25-22(12-15(19)2)26-17(4)20-14-29(9-10-30)28-18(20)5;1-2/h7-8,11-14,30H,4,6,9-10H2,1-3,5H3,(H,25,26);1-2H3/b16-11+;. The highest BCUT2D eigenvalue weighted by Gasteiger charge is 2.10. The zero-order valence-corrected chi connectivity index (χ0v) is 20.4. The molecule has 3 heterocycles. The lowest BCUT2D eigenvalue weighted by Crippen LogP contribution is -2.02. The van der Waals surface area contributed by atoms with Crippen molar-refractivity contribution >= 4 is 23.2 Å². The molecule has 3 rings (SSSR count). The van der Waals surface area contributed by atoms with Crippen LogP contribution in [-0.2, 0) is 6.54 Å². The normalized spacial score (nSPS) is 10.9. The summed E-state index contributed by atoms with van der Waals surface area (Å²) in [7, 11) is 0. The maximum Gasteiger partial charge on any atom is 0.316 e. The second kappa shape index (κ2) is 12.5. The maximum absolute atomic E-state index is 9.10. The molecule has 0 fully saturated rings. The number of pyridine rings is 1. The summed E-state index contributed by atoms with van der Waals surface area (Å²) in [5.74, 6) is 0.701. The first-order valence-corrected chi connectivity index (χ1v) is 11.1. The predicted octanol–water partition coefficient (Wildman–Crippen LogP) is 4.75. The first kappa shape index (κ1) is 25.7. The molecule has 0 aliphatic carbocycles. The third-order valence-corrected chi connectivity index (χ3v) is 4.71. The van der Waals surface area contributed by atoms with E-state index in [1.165, 1.54) is 0 Å². The van der Waals surface area contributed by atoms with Crippen LogP contribution in [0.1, 0.15) is 55.8 Å². The molecule has 0 aliphatic heterocycles. The molecular formula is C25H34N6O2. The van der Waals surface area contributed by atoms with Crippen LogP contribution in [0.4, 0.5) is 5.82 Å². The van der Waals surface area contributed by atoms with E-state index in [2.05, 4.69) is 31.9 Å². The number of aryl methyl sites for hydroxylation is 2. The van der Waals surface area contributed by atoms with Crippen molar-refractivity contribution in [3.05, 3.63) is 65.4 Å².